The lowest BCUT2D eigenvalue weighted by Crippen LogP contribution is -2.40. The summed E-state index contributed by atoms with van der Waals surface area (Å²) in [6.45, 7) is 10.2. The molecule has 1 aromatic heterocycles. The highest BCUT2D eigenvalue weighted by Crippen LogP contribution is 2.23. The number of rotatable bonds is 6. The van der Waals surface area contributed by atoms with E-state index < -0.39 is 5.60 Å². The van der Waals surface area contributed by atoms with E-state index in [0.717, 1.165) is 17.7 Å². The first-order chi connectivity index (χ1) is 12.2. The van der Waals surface area contributed by atoms with E-state index in [1.54, 1.807) is 9.58 Å². The molecule has 26 heavy (non-hydrogen) atoms. The van der Waals surface area contributed by atoms with Gasteiger partial charge in [0.15, 0.2) is 5.69 Å². The number of fused-ring (bicyclic) bond motifs is 1. The third-order valence-corrected chi connectivity index (χ3v) is 4.06. The zero-order chi connectivity index (χ0) is 19.3. The van der Waals surface area contributed by atoms with Gasteiger partial charge in [0.05, 0.1) is 6.54 Å². The van der Waals surface area contributed by atoms with Crippen LogP contribution in [0.2, 0.25) is 0 Å². The predicted molar refractivity (Wildman–Crippen MR) is 97.0 cm³/mol. The van der Waals surface area contributed by atoms with Crippen molar-refractivity contribution in [3.05, 3.63) is 17.0 Å². The van der Waals surface area contributed by atoms with E-state index in [9.17, 15) is 9.59 Å². The predicted octanol–water partition coefficient (Wildman–Crippen LogP) is 1.87. The molecule has 2 heterocycles. The van der Waals surface area contributed by atoms with Gasteiger partial charge in [-0.05, 0) is 34.1 Å². The van der Waals surface area contributed by atoms with Crippen molar-refractivity contribution in [2.45, 2.75) is 52.7 Å². The zero-order valence-corrected chi connectivity index (χ0v) is 16.4. The number of hydrogen-bond acceptors (Lipinski definition) is 5. The second-order valence-corrected chi connectivity index (χ2v) is 7.36. The lowest BCUT2D eigenvalue weighted by molar-refractivity contribution is 0.0221. The van der Waals surface area contributed by atoms with Gasteiger partial charge in [-0.3, -0.25) is 9.48 Å². The van der Waals surface area contributed by atoms with Crippen molar-refractivity contribution in [2.24, 2.45) is 7.05 Å². The SMILES string of the molecule is CCOCCCNC(=O)c1nn(C)c2c1CN(C(=O)OC(C)(C)C)CC2. The summed E-state index contributed by atoms with van der Waals surface area (Å²) in [4.78, 5) is 26.5. The molecule has 146 valence electrons. The molecule has 0 atom stereocenters. The largest absolute Gasteiger partial charge is 0.444 e. The van der Waals surface area contributed by atoms with Gasteiger partial charge in [0.2, 0.25) is 0 Å². The van der Waals surface area contributed by atoms with Gasteiger partial charge in [0.1, 0.15) is 5.60 Å². The Morgan fingerprint density at radius 1 is 1.31 bits per heavy atom. The van der Waals surface area contributed by atoms with Crippen LogP contribution in [0.4, 0.5) is 4.79 Å². The summed E-state index contributed by atoms with van der Waals surface area (Å²) in [5.41, 5.74) is 1.62. The first-order valence-corrected chi connectivity index (χ1v) is 9.11. The van der Waals surface area contributed by atoms with E-state index in [4.69, 9.17) is 9.47 Å². The number of carbonyl (C=O) groups excluding carboxylic acids is 2. The van der Waals surface area contributed by atoms with Crippen molar-refractivity contribution in [1.29, 1.82) is 0 Å². The maximum absolute atomic E-state index is 12.5. The van der Waals surface area contributed by atoms with Gasteiger partial charge in [0, 0.05) is 51.0 Å². The second-order valence-electron chi connectivity index (χ2n) is 7.36. The molecule has 0 unspecified atom stereocenters. The van der Waals surface area contributed by atoms with E-state index in [2.05, 4.69) is 10.4 Å². The number of ether oxygens (including phenoxy) is 2. The van der Waals surface area contributed by atoms with E-state index in [1.807, 2.05) is 34.7 Å². The lowest BCUT2D eigenvalue weighted by Gasteiger charge is -2.30. The molecular formula is C18H30N4O4. The van der Waals surface area contributed by atoms with Crippen molar-refractivity contribution < 1.29 is 19.1 Å². The molecule has 0 spiro atoms. The van der Waals surface area contributed by atoms with Crippen LogP contribution in [0, 0.1) is 0 Å². The second kappa shape index (κ2) is 8.53. The molecular weight excluding hydrogens is 336 g/mol. The Hall–Kier alpha value is -2.09. The Kier molecular flexibility index (Phi) is 6.63. The summed E-state index contributed by atoms with van der Waals surface area (Å²) in [5.74, 6) is -0.218. The highest BCUT2D eigenvalue weighted by molar-refractivity contribution is 5.94. The quantitative estimate of drug-likeness (QED) is 0.777. The number of nitrogens with one attached hydrogen (secondary N) is 1. The fraction of sp³-hybridized carbons (Fsp3) is 0.722. The van der Waals surface area contributed by atoms with Crippen molar-refractivity contribution in [3.63, 3.8) is 0 Å². The fourth-order valence-corrected chi connectivity index (χ4v) is 2.86. The van der Waals surface area contributed by atoms with Gasteiger partial charge < -0.3 is 19.7 Å². The maximum atomic E-state index is 12.5. The van der Waals surface area contributed by atoms with Gasteiger partial charge in [-0.2, -0.15) is 5.10 Å². The van der Waals surface area contributed by atoms with Crippen LogP contribution in [0.1, 0.15) is 55.9 Å². The van der Waals surface area contributed by atoms with E-state index >= 15 is 0 Å². The van der Waals surface area contributed by atoms with Crippen LogP contribution < -0.4 is 5.32 Å². The fourth-order valence-electron chi connectivity index (χ4n) is 2.86. The Bertz CT molecular complexity index is 648. The average molecular weight is 366 g/mol. The first kappa shape index (κ1) is 20.2. The van der Waals surface area contributed by atoms with Crippen molar-refractivity contribution in [3.8, 4) is 0 Å². The molecule has 0 fully saturated rings. The normalized spacial score (nSPS) is 14.1. The third-order valence-electron chi connectivity index (χ3n) is 4.06. The smallest absolute Gasteiger partial charge is 0.410 e. The van der Waals surface area contributed by atoms with Crippen molar-refractivity contribution in [2.75, 3.05) is 26.3 Å². The van der Waals surface area contributed by atoms with Crippen molar-refractivity contribution in [1.82, 2.24) is 20.0 Å². The minimum absolute atomic E-state index is 0.218. The minimum Gasteiger partial charge on any atom is -0.444 e. The molecule has 0 aliphatic carbocycles. The van der Waals surface area contributed by atoms with Crippen LogP contribution in [0.15, 0.2) is 0 Å². The Balaban J connectivity index is 2.04. The molecule has 0 saturated heterocycles. The molecule has 1 aliphatic heterocycles. The highest BCUT2D eigenvalue weighted by atomic mass is 16.6. The molecule has 0 aromatic carbocycles. The third kappa shape index (κ3) is 5.20. The molecule has 0 bridgehead atoms. The topological polar surface area (TPSA) is 85.7 Å². The van der Waals surface area contributed by atoms with E-state index in [0.29, 0.717) is 45.0 Å². The van der Waals surface area contributed by atoms with Gasteiger partial charge in [-0.15, -0.1) is 0 Å². The van der Waals surface area contributed by atoms with Gasteiger partial charge >= 0.3 is 6.09 Å². The average Bonchev–Trinajstić information content (AvgIpc) is 2.89. The number of amides is 2. The summed E-state index contributed by atoms with van der Waals surface area (Å²) in [7, 11) is 1.83. The molecule has 2 rings (SSSR count). The summed E-state index contributed by atoms with van der Waals surface area (Å²) in [6, 6.07) is 0. The first-order valence-electron chi connectivity index (χ1n) is 9.11. The van der Waals surface area contributed by atoms with Crippen LogP contribution >= 0.6 is 0 Å². The summed E-state index contributed by atoms with van der Waals surface area (Å²) < 4.78 is 12.4. The summed E-state index contributed by atoms with van der Waals surface area (Å²) >= 11 is 0. The molecule has 1 aliphatic rings. The Morgan fingerprint density at radius 3 is 2.69 bits per heavy atom. The Labute approximate surface area is 154 Å². The Morgan fingerprint density at radius 2 is 2.04 bits per heavy atom. The van der Waals surface area contributed by atoms with E-state index in [-0.39, 0.29) is 12.0 Å². The maximum Gasteiger partial charge on any atom is 0.410 e. The van der Waals surface area contributed by atoms with Gasteiger partial charge in [0.25, 0.3) is 5.91 Å². The van der Waals surface area contributed by atoms with E-state index in [1.165, 1.54) is 0 Å². The molecule has 8 nitrogen and oxygen atoms in total. The van der Waals surface area contributed by atoms with Crippen LogP contribution in [0.3, 0.4) is 0 Å². The summed E-state index contributed by atoms with van der Waals surface area (Å²) in [6.07, 6.45) is 1.03. The molecule has 2 amide bonds. The van der Waals surface area contributed by atoms with Crippen LogP contribution in [0.5, 0.6) is 0 Å². The number of nitrogens with zero attached hydrogens (tertiary/aromatic N) is 3. The molecule has 1 aromatic rings. The van der Waals surface area contributed by atoms with Crippen molar-refractivity contribution >= 4 is 12.0 Å². The summed E-state index contributed by atoms with van der Waals surface area (Å²) in [5, 5.41) is 7.24. The number of hydrogen-bond donors (Lipinski definition) is 1. The number of aryl methyl sites for hydroxylation is 1. The highest BCUT2D eigenvalue weighted by Gasteiger charge is 2.31. The minimum atomic E-state index is -0.549. The molecule has 0 radical (unpaired) electrons. The molecule has 8 heteroatoms. The standard InChI is InChI=1S/C18H30N4O4/c1-6-25-11-7-9-19-16(23)15-13-12-22(17(24)26-18(2,3)4)10-8-14(13)21(5)20-15/h6-12H2,1-5H3,(H,19,23). The van der Waals surface area contributed by atoms with Gasteiger partial charge in [-0.1, -0.05) is 0 Å². The monoisotopic (exact) mass is 366 g/mol. The van der Waals surface area contributed by atoms with Crippen LogP contribution in [-0.2, 0) is 29.5 Å². The number of carbonyl (C=O) groups is 2. The van der Waals surface area contributed by atoms with Crippen LogP contribution in [0.25, 0.3) is 0 Å². The van der Waals surface area contributed by atoms with Crippen LogP contribution in [-0.4, -0.2) is 58.6 Å². The lowest BCUT2D eigenvalue weighted by atomic mass is 10.0. The molecule has 1 N–H and O–H groups in total. The number of aromatic nitrogens is 2. The van der Waals surface area contributed by atoms with Gasteiger partial charge in [-0.25, -0.2) is 4.79 Å². The molecule has 0 saturated carbocycles. The zero-order valence-electron chi connectivity index (χ0n) is 16.4.